The van der Waals surface area contributed by atoms with Gasteiger partial charge in [0.25, 0.3) is 0 Å². The Morgan fingerprint density at radius 2 is 2.20 bits per heavy atom. The van der Waals surface area contributed by atoms with Crippen LogP contribution in [0.4, 0.5) is 5.82 Å². The Labute approximate surface area is 139 Å². The zero-order valence-electron chi connectivity index (χ0n) is 11.0. The Bertz CT molecular complexity index is 657. The number of alkyl halides is 1. The number of fused-ring (bicyclic) bond motifs is 1. The molecule has 0 aliphatic carbocycles. The molecule has 0 bridgehead atoms. The van der Waals surface area contributed by atoms with Crippen LogP contribution >= 0.6 is 46.6 Å². The van der Waals surface area contributed by atoms with Gasteiger partial charge in [0, 0.05) is 4.43 Å². The second-order valence-corrected chi connectivity index (χ2v) is 7.09. The van der Waals surface area contributed by atoms with Gasteiger partial charge in [0.2, 0.25) is 0 Å². The van der Waals surface area contributed by atoms with Crippen molar-refractivity contribution in [1.82, 2.24) is 15.0 Å². The van der Waals surface area contributed by atoms with Gasteiger partial charge in [0.05, 0.1) is 6.04 Å². The Morgan fingerprint density at radius 1 is 1.50 bits per heavy atom. The van der Waals surface area contributed by atoms with Crippen LogP contribution in [0.3, 0.4) is 0 Å². The van der Waals surface area contributed by atoms with Crippen molar-refractivity contribution in [1.29, 1.82) is 0 Å². The van der Waals surface area contributed by atoms with Gasteiger partial charge in [-0.25, -0.2) is 15.0 Å². The maximum absolute atomic E-state index is 11.5. The summed E-state index contributed by atoms with van der Waals surface area (Å²) in [4.78, 5) is 22.1. The number of nitrogens with zero attached hydrogens (tertiary/aromatic N) is 3. The van der Waals surface area contributed by atoms with Crippen molar-refractivity contribution in [2.75, 3.05) is 9.49 Å². The monoisotopic (exact) mass is 426 g/mol. The molecule has 0 amide bonds. The summed E-state index contributed by atoms with van der Waals surface area (Å²) in [6, 6.07) is -0.0707. The average molecular weight is 426 g/mol. The zero-order valence-corrected chi connectivity index (χ0v) is 14.9. The molecular formula is C11H15IN4O2S2. The number of hydroxylamine groups is 1. The van der Waals surface area contributed by atoms with Crippen molar-refractivity contribution >= 4 is 62.7 Å². The lowest BCUT2D eigenvalue weighted by atomic mass is 10.1. The van der Waals surface area contributed by atoms with Gasteiger partial charge in [0.1, 0.15) is 4.70 Å². The van der Waals surface area contributed by atoms with Crippen LogP contribution in [0.2, 0.25) is 0 Å². The highest BCUT2D eigenvalue weighted by Gasteiger charge is 2.23. The van der Waals surface area contributed by atoms with Crippen LogP contribution < -0.4 is 9.94 Å². The van der Waals surface area contributed by atoms with Crippen LogP contribution in [0.1, 0.15) is 20.3 Å². The van der Waals surface area contributed by atoms with E-state index in [1.165, 1.54) is 0 Å². The molecule has 0 radical (unpaired) electrons. The number of nitrogens with one attached hydrogen (secondary N) is 1. The minimum absolute atomic E-state index is 0.0707. The van der Waals surface area contributed by atoms with Gasteiger partial charge in [-0.2, -0.15) is 0 Å². The predicted octanol–water partition coefficient (Wildman–Crippen LogP) is 2.71. The molecule has 0 fully saturated rings. The van der Waals surface area contributed by atoms with E-state index < -0.39 is 0 Å². The zero-order chi connectivity index (χ0) is 14.9. The summed E-state index contributed by atoms with van der Waals surface area (Å²) in [5.74, 6) is 0.785. The van der Waals surface area contributed by atoms with Crippen LogP contribution in [-0.2, 0) is 0 Å². The van der Waals surface area contributed by atoms with Crippen LogP contribution in [0.25, 0.3) is 10.3 Å². The molecule has 6 nitrogen and oxygen atoms in total. The van der Waals surface area contributed by atoms with Gasteiger partial charge in [-0.05, 0) is 12.3 Å². The van der Waals surface area contributed by atoms with E-state index in [2.05, 4.69) is 64.0 Å². The fourth-order valence-electron chi connectivity index (χ4n) is 1.92. The molecule has 2 aromatic heterocycles. The fourth-order valence-corrected chi connectivity index (χ4v) is 3.61. The molecule has 2 rings (SSSR count). The Kier molecular flexibility index (Phi) is 5.26. The number of anilines is 1. The lowest BCUT2D eigenvalue weighted by Crippen LogP contribution is -2.35. The third-order valence-electron chi connectivity index (χ3n) is 2.74. The average Bonchev–Trinajstić information content (AvgIpc) is 2.73. The fraction of sp³-hybridized carbons (Fsp3) is 0.545. The molecule has 0 aromatic carbocycles. The minimum atomic E-state index is -0.224. The highest BCUT2D eigenvalue weighted by Crippen LogP contribution is 2.28. The number of aromatic nitrogens is 3. The third-order valence-corrected chi connectivity index (χ3v) is 4.82. The predicted molar refractivity (Wildman–Crippen MR) is 91.7 cm³/mol. The van der Waals surface area contributed by atoms with Gasteiger partial charge in [-0.3, -0.25) is 15.0 Å². The molecular weight excluding hydrogens is 411 g/mol. The molecule has 1 unspecified atom stereocenters. The van der Waals surface area contributed by atoms with Gasteiger partial charge in [0.15, 0.2) is 16.6 Å². The van der Waals surface area contributed by atoms with E-state index in [1.807, 2.05) is 0 Å². The summed E-state index contributed by atoms with van der Waals surface area (Å²) in [6.45, 7) is 4.20. The van der Waals surface area contributed by atoms with E-state index >= 15 is 0 Å². The van der Waals surface area contributed by atoms with Crippen LogP contribution in [0.15, 0.2) is 9.95 Å². The van der Waals surface area contributed by atoms with Crippen molar-refractivity contribution in [3.05, 3.63) is 9.67 Å². The molecule has 2 aromatic rings. The number of H-pyrrole nitrogens is 1. The summed E-state index contributed by atoms with van der Waals surface area (Å²) in [7, 11) is 0. The summed E-state index contributed by atoms with van der Waals surface area (Å²) in [6.07, 6.45) is 0.826. The highest BCUT2D eigenvalue weighted by atomic mass is 127. The number of hydrogen-bond donors (Lipinski definition) is 3. The van der Waals surface area contributed by atoms with Gasteiger partial charge >= 0.3 is 4.87 Å². The second kappa shape index (κ2) is 6.58. The Hall–Kier alpha value is -0.390. The molecule has 0 aliphatic heterocycles. The molecule has 0 saturated heterocycles. The first-order chi connectivity index (χ1) is 9.42. The number of rotatable bonds is 5. The van der Waals surface area contributed by atoms with Gasteiger partial charge < -0.3 is 0 Å². The minimum Gasteiger partial charge on any atom is -0.297 e. The number of thiazole rings is 1. The van der Waals surface area contributed by atoms with E-state index in [1.54, 1.807) is 0 Å². The lowest BCUT2D eigenvalue weighted by Gasteiger charge is -2.26. The van der Waals surface area contributed by atoms with Crippen LogP contribution in [-0.4, -0.2) is 30.6 Å². The van der Waals surface area contributed by atoms with Crippen molar-refractivity contribution < 1.29 is 5.21 Å². The molecule has 0 saturated carbocycles. The molecule has 110 valence electrons. The summed E-state index contributed by atoms with van der Waals surface area (Å²) in [5, 5.41) is 11.8. The molecule has 1 atom stereocenters. The van der Waals surface area contributed by atoms with E-state index in [0.29, 0.717) is 22.1 Å². The summed E-state index contributed by atoms with van der Waals surface area (Å²) in [5.41, 5.74) is 0.408. The SMILES string of the molecule is CC(C)CC(CI)N(O)c1nc(S)nc2[nH]c(=O)sc12. The number of thiol groups is 1. The topological polar surface area (TPSA) is 82.1 Å². The number of halogens is 1. The first-order valence-electron chi connectivity index (χ1n) is 6.06. The van der Waals surface area contributed by atoms with Crippen molar-refractivity contribution in [3.8, 4) is 0 Å². The number of aromatic amines is 1. The number of hydrogen-bond acceptors (Lipinski definition) is 7. The van der Waals surface area contributed by atoms with Gasteiger partial charge in [-0.15, -0.1) is 12.6 Å². The highest BCUT2D eigenvalue weighted by molar-refractivity contribution is 14.1. The third kappa shape index (κ3) is 3.43. The maximum Gasteiger partial charge on any atom is 0.306 e. The quantitative estimate of drug-likeness (QED) is 0.225. The summed E-state index contributed by atoms with van der Waals surface area (Å²) < 4.78 is 1.30. The maximum atomic E-state index is 11.5. The molecule has 0 spiro atoms. The Morgan fingerprint density at radius 3 is 2.80 bits per heavy atom. The summed E-state index contributed by atoms with van der Waals surface area (Å²) >= 11 is 7.34. The first-order valence-corrected chi connectivity index (χ1v) is 8.85. The van der Waals surface area contributed by atoms with Crippen molar-refractivity contribution in [2.24, 2.45) is 5.92 Å². The van der Waals surface area contributed by atoms with Crippen LogP contribution in [0, 0.1) is 5.92 Å². The molecule has 0 aliphatic rings. The van der Waals surface area contributed by atoms with E-state index in [0.717, 1.165) is 27.2 Å². The van der Waals surface area contributed by atoms with E-state index in [9.17, 15) is 10.0 Å². The molecule has 2 heterocycles. The van der Waals surface area contributed by atoms with E-state index in [4.69, 9.17) is 0 Å². The second-order valence-electron chi connectivity index (χ2n) is 4.82. The molecule has 20 heavy (non-hydrogen) atoms. The van der Waals surface area contributed by atoms with E-state index in [-0.39, 0.29) is 16.1 Å². The Balaban J connectivity index is 2.47. The molecule has 2 N–H and O–H groups in total. The van der Waals surface area contributed by atoms with Gasteiger partial charge in [-0.1, -0.05) is 47.8 Å². The normalized spacial score (nSPS) is 13.1. The smallest absolute Gasteiger partial charge is 0.297 e. The largest absolute Gasteiger partial charge is 0.306 e. The standard InChI is InChI=1S/C11H15IN4O2S2/c1-5(2)3-6(4-12)16(18)9-7-8(13-10(19)15-9)14-11(17)20-7/h5-6,18H,3-4H2,1-2H3,(H2,13,14,15,17,19). The van der Waals surface area contributed by atoms with Crippen LogP contribution in [0.5, 0.6) is 0 Å². The molecule has 9 heteroatoms. The lowest BCUT2D eigenvalue weighted by molar-refractivity contribution is 0.210. The first kappa shape index (κ1) is 16.0. The van der Waals surface area contributed by atoms with Crippen molar-refractivity contribution in [2.45, 2.75) is 31.5 Å². The van der Waals surface area contributed by atoms with Crippen molar-refractivity contribution in [3.63, 3.8) is 0 Å².